The number of nitrogens with zero attached hydrogens (tertiary/aromatic N) is 2. The van der Waals surface area contributed by atoms with Gasteiger partial charge in [-0.2, -0.15) is 0 Å². The summed E-state index contributed by atoms with van der Waals surface area (Å²) in [6, 6.07) is 10.9. The maximum atomic E-state index is 12.9. The van der Waals surface area contributed by atoms with Gasteiger partial charge in [-0.15, -0.1) is 11.3 Å². The van der Waals surface area contributed by atoms with E-state index in [0.717, 1.165) is 21.1 Å². The normalized spacial score (nSPS) is 10.9. The molecule has 0 unspecified atom stereocenters. The summed E-state index contributed by atoms with van der Waals surface area (Å²) in [7, 11) is 0. The maximum Gasteiger partial charge on any atom is 0.333 e. The molecule has 0 amide bonds. The van der Waals surface area contributed by atoms with Crippen LogP contribution in [0.2, 0.25) is 0 Å². The highest BCUT2D eigenvalue weighted by molar-refractivity contribution is 7.09. The lowest BCUT2D eigenvalue weighted by atomic mass is 10.1. The van der Waals surface area contributed by atoms with Crippen molar-refractivity contribution in [3.8, 4) is 5.88 Å². The number of hydrogen-bond donors (Lipinski definition) is 1. The van der Waals surface area contributed by atoms with E-state index in [-0.39, 0.29) is 18.2 Å². The molecule has 0 radical (unpaired) electrons. The Morgan fingerprint density at radius 3 is 2.40 bits per heavy atom. The van der Waals surface area contributed by atoms with E-state index in [1.807, 2.05) is 17.5 Å². The topological polar surface area (TPSA) is 64.2 Å². The van der Waals surface area contributed by atoms with Crippen LogP contribution in [0.25, 0.3) is 0 Å². The average Bonchev–Trinajstić information content (AvgIpc) is 3.09. The summed E-state index contributed by atoms with van der Waals surface area (Å²) in [5.41, 5.74) is -0.258. The van der Waals surface area contributed by atoms with E-state index in [9.17, 15) is 19.1 Å². The Balaban J connectivity index is 1.81. The summed E-state index contributed by atoms with van der Waals surface area (Å²) in [6.07, 6.45) is 1.02. The molecule has 1 N–H and O–H groups in total. The molecule has 3 rings (SSSR count). The summed E-state index contributed by atoms with van der Waals surface area (Å²) in [5, 5.41) is 11.9. The molecule has 0 aliphatic heterocycles. The van der Waals surface area contributed by atoms with Crippen LogP contribution in [-0.2, 0) is 25.9 Å². The van der Waals surface area contributed by atoms with Gasteiger partial charge in [-0.05, 0) is 42.0 Å². The van der Waals surface area contributed by atoms with Crippen molar-refractivity contribution in [3.63, 3.8) is 0 Å². The number of rotatable bonds is 6. The molecule has 0 bridgehead atoms. The van der Waals surface area contributed by atoms with Gasteiger partial charge in [0.25, 0.3) is 5.56 Å². The average molecular weight is 360 g/mol. The zero-order chi connectivity index (χ0) is 17.8. The molecule has 0 aliphatic carbocycles. The van der Waals surface area contributed by atoms with Gasteiger partial charge in [0, 0.05) is 18.0 Å². The van der Waals surface area contributed by atoms with Crippen molar-refractivity contribution in [1.82, 2.24) is 9.13 Å². The quantitative estimate of drug-likeness (QED) is 0.734. The zero-order valence-corrected chi connectivity index (χ0v) is 14.2. The number of hydrogen-bond acceptors (Lipinski definition) is 4. The lowest BCUT2D eigenvalue weighted by molar-refractivity contribution is 0.388. The summed E-state index contributed by atoms with van der Waals surface area (Å²) in [5.74, 6) is -0.661. The fraction of sp³-hybridized carbons (Fsp3) is 0.222. The van der Waals surface area contributed by atoms with Gasteiger partial charge in [-0.25, -0.2) is 9.18 Å². The number of aryl methyl sites for hydroxylation is 2. The largest absolute Gasteiger partial charge is 0.494 e. The molecule has 0 aliphatic rings. The van der Waals surface area contributed by atoms with Gasteiger partial charge < -0.3 is 5.11 Å². The fourth-order valence-electron chi connectivity index (χ4n) is 2.59. The van der Waals surface area contributed by atoms with Gasteiger partial charge in [0.15, 0.2) is 0 Å². The third-order valence-corrected chi connectivity index (χ3v) is 4.89. The van der Waals surface area contributed by atoms with Crippen LogP contribution in [0, 0.1) is 5.82 Å². The molecule has 0 spiro atoms. The van der Waals surface area contributed by atoms with Crippen LogP contribution in [0.3, 0.4) is 0 Å². The molecular weight excluding hydrogens is 343 g/mol. The summed E-state index contributed by atoms with van der Waals surface area (Å²) in [4.78, 5) is 25.7. The lowest BCUT2D eigenvalue weighted by Crippen LogP contribution is -2.40. The second-order valence-corrected chi connectivity index (χ2v) is 6.66. The Labute approximate surface area is 147 Å². The van der Waals surface area contributed by atoms with Gasteiger partial charge in [-0.3, -0.25) is 13.9 Å². The standard InChI is InChI=1S/C18H17FN2O3S/c19-14-5-3-13(4-6-14)7-9-20-16(22)12-17(23)21(18(20)24)10-8-15-2-1-11-25-15/h1-6,11-12,23H,7-10H2. The SMILES string of the molecule is O=c1cc(O)n(CCc2cccs2)c(=O)n1CCc1ccc(F)cc1. The van der Waals surface area contributed by atoms with Crippen molar-refractivity contribution in [2.24, 2.45) is 0 Å². The Morgan fingerprint density at radius 1 is 1.00 bits per heavy atom. The van der Waals surface area contributed by atoms with Gasteiger partial charge in [0.05, 0.1) is 6.07 Å². The number of halogens is 1. The van der Waals surface area contributed by atoms with Crippen LogP contribution in [-0.4, -0.2) is 14.2 Å². The minimum Gasteiger partial charge on any atom is -0.494 e. The second kappa shape index (κ2) is 7.48. The Hall–Kier alpha value is -2.67. The molecule has 0 saturated heterocycles. The minimum absolute atomic E-state index is 0.169. The monoisotopic (exact) mass is 360 g/mol. The predicted octanol–water partition coefficient (Wildman–Crippen LogP) is 2.40. The van der Waals surface area contributed by atoms with E-state index in [0.29, 0.717) is 19.4 Å². The Bertz CT molecular complexity index is 959. The third kappa shape index (κ3) is 4.06. The number of aromatic nitrogens is 2. The molecular formula is C18H17FN2O3S. The highest BCUT2D eigenvalue weighted by Gasteiger charge is 2.11. The molecule has 1 aromatic carbocycles. The van der Waals surface area contributed by atoms with Crippen molar-refractivity contribution < 1.29 is 9.50 Å². The molecule has 25 heavy (non-hydrogen) atoms. The molecule has 2 heterocycles. The van der Waals surface area contributed by atoms with E-state index in [2.05, 4.69) is 0 Å². The first-order valence-electron chi connectivity index (χ1n) is 7.85. The first-order chi connectivity index (χ1) is 12.0. The van der Waals surface area contributed by atoms with Crippen molar-refractivity contribution in [2.45, 2.75) is 25.9 Å². The van der Waals surface area contributed by atoms with Gasteiger partial charge >= 0.3 is 5.69 Å². The molecule has 7 heteroatoms. The second-order valence-electron chi connectivity index (χ2n) is 5.63. The minimum atomic E-state index is -0.544. The number of aromatic hydroxyl groups is 1. The van der Waals surface area contributed by atoms with Gasteiger partial charge in [0.1, 0.15) is 5.82 Å². The Kier molecular flexibility index (Phi) is 5.14. The lowest BCUT2D eigenvalue weighted by Gasteiger charge is -2.11. The van der Waals surface area contributed by atoms with Crippen LogP contribution in [0.1, 0.15) is 10.4 Å². The highest BCUT2D eigenvalue weighted by Crippen LogP contribution is 2.11. The molecule has 130 valence electrons. The molecule has 3 aromatic rings. The van der Waals surface area contributed by atoms with Crippen LogP contribution in [0.4, 0.5) is 4.39 Å². The van der Waals surface area contributed by atoms with E-state index in [1.54, 1.807) is 23.5 Å². The third-order valence-electron chi connectivity index (χ3n) is 3.96. The summed E-state index contributed by atoms with van der Waals surface area (Å²) in [6.45, 7) is 0.463. The molecule has 0 fully saturated rings. The van der Waals surface area contributed by atoms with Crippen LogP contribution in [0.15, 0.2) is 57.4 Å². The van der Waals surface area contributed by atoms with Crippen LogP contribution >= 0.6 is 11.3 Å². The first kappa shape index (κ1) is 17.2. The van der Waals surface area contributed by atoms with Crippen molar-refractivity contribution in [2.75, 3.05) is 0 Å². The molecule has 0 atom stereocenters. The van der Waals surface area contributed by atoms with Crippen molar-refractivity contribution in [1.29, 1.82) is 0 Å². The highest BCUT2D eigenvalue weighted by atomic mass is 32.1. The summed E-state index contributed by atoms with van der Waals surface area (Å²) >= 11 is 1.57. The number of benzene rings is 1. The molecule has 0 saturated carbocycles. The zero-order valence-electron chi connectivity index (χ0n) is 13.4. The van der Waals surface area contributed by atoms with Crippen molar-refractivity contribution in [3.05, 3.63) is 84.9 Å². The van der Waals surface area contributed by atoms with Crippen LogP contribution in [0.5, 0.6) is 5.88 Å². The van der Waals surface area contributed by atoms with E-state index < -0.39 is 11.2 Å². The van der Waals surface area contributed by atoms with Crippen LogP contribution < -0.4 is 11.2 Å². The smallest absolute Gasteiger partial charge is 0.333 e. The summed E-state index contributed by atoms with van der Waals surface area (Å²) < 4.78 is 15.2. The van der Waals surface area contributed by atoms with E-state index in [1.165, 1.54) is 16.7 Å². The van der Waals surface area contributed by atoms with E-state index >= 15 is 0 Å². The molecule has 5 nitrogen and oxygen atoms in total. The molecule has 2 aromatic heterocycles. The van der Waals surface area contributed by atoms with Crippen molar-refractivity contribution >= 4 is 11.3 Å². The Morgan fingerprint density at radius 2 is 1.72 bits per heavy atom. The van der Waals surface area contributed by atoms with E-state index in [4.69, 9.17) is 0 Å². The van der Waals surface area contributed by atoms with Gasteiger partial charge in [-0.1, -0.05) is 18.2 Å². The predicted molar refractivity (Wildman–Crippen MR) is 94.8 cm³/mol. The number of thiophene rings is 1. The maximum absolute atomic E-state index is 12.9. The first-order valence-corrected chi connectivity index (χ1v) is 8.73. The van der Waals surface area contributed by atoms with Gasteiger partial charge in [0.2, 0.25) is 5.88 Å². The fourth-order valence-corrected chi connectivity index (χ4v) is 3.29.